The number of carbonyl (C=O) groups excluding carboxylic acids is 1. The number of halogens is 1. The van der Waals surface area contributed by atoms with E-state index in [0.717, 1.165) is 0 Å². The average molecular weight is 275 g/mol. The predicted octanol–water partition coefficient (Wildman–Crippen LogP) is 0.177. The minimum absolute atomic E-state index is 0.357. The van der Waals surface area contributed by atoms with Crippen molar-refractivity contribution in [3.63, 3.8) is 0 Å². The molecule has 0 aliphatic carbocycles. The second kappa shape index (κ2) is 6.55. The zero-order valence-corrected chi connectivity index (χ0v) is 10.3. The fourth-order valence-corrected chi connectivity index (χ4v) is 1.41. The largest absolute Gasteiger partial charge is 0.394 e. The highest BCUT2D eigenvalue weighted by atomic mass is 35.5. The van der Waals surface area contributed by atoms with Crippen LogP contribution in [0.1, 0.15) is 0 Å². The first-order chi connectivity index (χ1) is 8.56. The van der Waals surface area contributed by atoms with Gasteiger partial charge in [-0.3, -0.25) is 0 Å². The number of hydrogen-bond donors (Lipinski definition) is 5. The highest BCUT2D eigenvalue weighted by Crippen LogP contribution is 2.20. The quantitative estimate of drug-likeness (QED) is 0.528. The number of anilines is 1. The van der Waals surface area contributed by atoms with Crippen molar-refractivity contribution < 1.29 is 20.1 Å². The van der Waals surface area contributed by atoms with Crippen molar-refractivity contribution in [2.45, 2.75) is 5.54 Å². The van der Waals surface area contributed by atoms with Crippen LogP contribution in [0.5, 0.6) is 0 Å². The standard InChI is InChI=1S/C11H15ClN2O4/c12-8-3-1-2-4-9(8)13-10(18)14-11(5-15,6-16)7-17/h1-4,15-17H,5-7H2,(H2,13,14,18). The van der Waals surface area contributed by atoms with Crippen LogP contribution < -0.4 is 10.6 Å². The van der Waals surface area contributed by atoms with Crippen molar-refractivity contribution in [2.75, 3.05) is 25.1 Å². The van der Waals surface area contributed by atoms with Crippen LogP contribution in [0.15, 0.2) is 24.3 Å². The van der Waals surface area contributed by atoms with E-state index in [9.17, 15) is 4.79 Å². The highest BCUT2D eigenvalue weighted by molar-refractivity contribution is 6.33. The molecule has 0 spiro atoms. The van der Waals surface area contributed by atoms with E-state index in [1.54, 1.807) is 24.3 Å². The molecule has 0 aliphatic rings. The molecule has 0 radical (unpaired) electrons. The monoisotopic (exact) mass is 274 g/mol. The molecular formula is C11H15ClN2O4. The van der Waals surface area contributed by atoms with Crippen LogP contribution >= 0.6 is 11.6 Å². The van der Waals surface area contributed by atoms with Gasteiger partial charge in [0, 0.05) is 0 Å². The summed E-state index contributed by atoms with van der Waals surface area (Å²) >= 11 is 5.85. The Bertz CT molecular complexity index is 402. The molecule has 0 aromatic heterocycles. The van der Waals surface area contributed by atoms with Gasteiger partial charge in [0.05, 0.1) is 30.5 Å². The molecule has 5 N–H and O–H groups in total. The molecule has 0 saturated heterocycles. The fraction of sp³-hybridized carbons (Fsp3) is 0.364. The lowest BCUT2D eigenvalue weighted by atomic mass is 10.0. The van der Waals surface area contributed by atoms with Crippen molar-refractivity contribution in [1.82, 2.24) is 5.32 Å². The van der Waals surface area contributed by atoms with Crippen LogP contribution in [0.25, 0.3) is 0 Å². The van der Waals surface area contributed by atoms with Gasteiger partial charge in [-0.05, 0) is 12.1 Å². The first-order valence-corrected chi connectivity index (χ1v) is 5.61. The Labute approximate surface area is 109 Å². The summed E-state index contributed by atoms with van der Waals surface area (Å²) in [5.74, 6) is 0. The zero-order valence-electron chi connectivity index (χ0n) is 9.56. The highest BCUT2D eigenvalue weighted by Gasteiger charge is 2.30. The van der Waals surface area contributed by atoms with Crippen molar-refractivity contribution in [3.05, 3.63) is 29.3 Å². The molecule has 1 rings (SSSR count). The molecule has 7 heteroatoms. The Balaban J connectivity index is 2.70. The number of hydrogen-bond acceptors (Lipinski definition) is 4. The minimum atomic E-state index is -1.47. The van der Waals surface area contributed by atoms with E-state index in [1.165, 1.54) is 0 Å². The molecule has 0 saturated carbocycles. The van der Waals surface area contributed by atoms with Crippen molar-refractivity contribution in [3.8, 4) is 0 Å². The summed E-state index contributed by atoms with van der Waals surface area (Å²) in [7, 11) is 0. The van der Waals surface area contributed by atoms with Crippen LogP contribution in [0, 0.1) is 0 Å². The maximum atomic E-state index is 11.6. The number of para-hydroxylation sites is 1. The molecule has 18 heavy (non-hydrogen) atoms. The third-order valence-corrected chi connectivity index (χ3v) is 2.74. The third kappa shape index (κ3) is 3.58. The van der Waals surface area contributed by atoms with Crippen LogP contribution in [0.4, 0.5) is 10.5 Å². The number of aliphatic hydroxyl groups is 3. The van der Waals surface area contributed by atoms with Gasteiger partial charge in [0.2, 0.25) is 0 Å². The summed E-state index contributed by atoms with van der Waals surface area (Å²) in [6.45, 7) is -1.76. The molecule has 0 unspecified atom stereocenters. The van der Waals surface area contributed by atoms with Gasteiger partial charge in [-0.25, -0.2) is 4.79 Å². The van der Waals surface area contributed by atoms with Crippen molar-refractivity contribution in [1.29, 1.82) is 0 Å². The Hall–Kier alpha value is -1.34. The van der Waals surface area contributed by atoms with Gasteiger partial charge in [-0.2, -0.15) is 0 Å². The minimum Gasteiger partial charge on any atom is -0.394 e. The second-order valence-corrected chi connectivity index (χ2v) is 4.22. The van der Waals surface area contributed by atoms with E-state index >= 15 is 0 Å². The molecule has 6 nitrogen and oxygen atoms in total. The average Bonchev–Trinajstić information content (AvgIpc) is 2.39. The second-order valence-electron chi connectivity index (χ2n) is 3.81. The lowest BCUT2D eigenvalue weighted by Crippen LogP contribution is -2.58. The Morgan fingerprint density at radius 1 is 1.17 bits per heavy atom. The molecular weight excluding hydrogens is 260 g/mol. The van der Waals surface area contributed by atoms with Gasteiger partial charge in [0.1, 0.15) is 5.54 Å². The summed E-state index contributed by atoms with van der Waals surface area (Å²) < 4.78 is 0. The van der Waals surface area contributed by atoms with Gasteiger partial charge in [-0.15, -0.1) is 0 Å². The number of rotatable bonds is 5. The molecule has 0 aliphatic heterocycles. The van der Waals surface area contributed by atoms with Gasteiger partial charge >= 0.3 is 6.03 Å². The van der Waals surface area contributed by atoms with Gasteiger partial charge in [-0.1, -0.05) is 23.7 Å². The SMILES string of the molecule is O=C(Nc1ccccc1Cl)NC(CO)(CO)CO. The van der Waals surface area contributed by atoms with Crippen LogP contribution in [-0.2, 0) is 0 Å². The van der Waals surface area contributed by atoms with E-state index in [1.807, 2.05) is 0 Å². The third-order valence-electron chi connectivity index (χ3n) is 2.41. The molecule has 0 atom stereocenters. The van der Waals surface area contributed by atoms with Gasteiger partial charge in [0.15, 0.2) is 0 Å². The Morgan fingerprint density at radius 2 is 1.72 bits per heavy atom. The summed E-state index contributed by atoms with van der Waals surface area (Å²) in [6, 6.07) is 5.93. The first kappa shape index (κ1) is 14.7. The van der Waals surface area contributed by atoms with E-state index < -0.39 is 31.4 Å². The smallest absolute Gasteiger partial charge is 0.319 e. The molecule has 0 fully saturated rings. The molecule has 100 valence electrons. The van der Waals surface area contributed by atoms with E-state index in [4.69, 9.17) is 26.9 Å². The summed E-state index contributed by atoms with van der Waals surface area (Å²) in [6.07, 6.45) is 0. The van der Waals surface area contributed by atoms with Gasteiger partial charge < -0.3 is 26.0 Å². The Kier molecular flexibility index (Phi) is 5.36. The van der Waals surface area contributed by atoms with E-state index in [-0.39, 0.29) is 0 Å². The number of carbonyl (C=O) groups is 1. The predicted molar refractivity (Wildman–Crippen MR) is 67.6 cm³/mol. The number of amides is 2. The van der Waals surface area contributed by atoms with Crippen LogP contribution in [0.2, 0.25) is 5.02 Å². The number of urea groups is 1. The van der Waals surface area contributed by atoms with Crippen molar-refractivity contribution >= 4 is 23.3 Å². The van der Waals surface area contributed by atoms with E-state index in [2.05, 4.69) is 10.6 Å². The maximum absolute atomic E-state index is 11.6. The van der Waals surface area contributed by atoms with E-state index in [0.29, 0.717) is 10.7 Å². The topological polar surface area (TPSA) is 102 Å². The number of benzene rings is 1. The van der Waals surface area contributed by atoms with Crippen LogP contribution in [-0.4, -0.2) is 46.7 Å². The van der Waals surface area contributed by atoms with Gasteiger partial charge in [0.25, 0.3) is 0 Å². The number of nitrogens with one attached hydrogen (secondary N) is 2. The maximum Gasteiger partial charge on any atom is 0.319 e. The summed E-state index contributed by atoms with van der Waals surface area (Å²) in [5.41, 5.74) is -1.08. The normalized spacial score (nSPS) is 11.1. The molecule has 0 bridgehead atoms. The summed E-state index contributed by atoms with van der Waals surface area (Å²) in [4.78, 5) is 11.6. The molecule has 1 aromatic carbocycles. The molecule has 2 amide bonds. The van der Waals surface area contributed by atoms with Crippen molar-refractivity contribution in [2.24, 2.45) is 0 Å². The lowest BCUT2D eigenvalue weighted by molar-refractivity contribution is 0.0507. The Morgan fingerprint density at radius 3 is 2.22 bits per heavy atom. The summed E-state index contributed by atoms with van der Waals surface area (Å²) in [5, 5.41) is 32.3. The zero-order chi connectivity index (χ0) is 13.6. The lowest BCUT2D eigenvalue weighted by Gasteiger charge is -2.28. The first-order valence-electron chi connectivity index (χ1n) is 5.23. The fourth-order valence-electron chi connectivity index (χ4n) is 1.23. The molecule has 1 aromatic rings. The number of aliphatic hydroxyl groups excluding tert-OH is 3. The van der Waals surface area contributed by atoms with Crippen LogP contribution in [0.3, 0.4) is 0 Å². The molecule has 0 heterocycles.